The maximum atomic E-state index is 11.1. The molecule has 1 aromatic rings. The molecule has 0 aliphatic heterocycles. The number of nitrogens with zero attached hydrogens (tertiary/aromatic N) is 1. The van der Waals surface area contributed by atoms with E-state index in [2.05, 4.69) is 0 Å². The second-order valence-electron chi connectivity index (χ2n) is 4.23. The van der Waals surface area contributed by atoms with Crippen LogP contribution in [0.3, 0.4) is 0 Å². The SMILES string of the molecule is Cc1ccc(C2=C([N+](=O)[O-])C(N)=CCC2C)s1. The van der Waals surface area contributed by atoms with Gasteiger partial charge in [-0.2, -0.15) is 0 Å². The highest BCUT2D eigenvalue weighted by Gasteiger charge is 2.30. The lowest BCUT2D eigenvalue weighted by Crippen LogP contribution is -2.18. The van der Waals surface area contributed by atoms with Gasteiger partial charge in [0.15, 0.2) is 0 Å². The first-order chi connectivity index (χ1) is 8.00. The lowest BCUT2D eigenvalue weighted by molar-refractivity contribution is -0.420. The summed E-state index contributed by atoms with van der Waals surface area (Å²) in [6, 6.07) is 3.92. The van der Waals surface area contributed by atoms with Crippen LogP contribution in [0.1, 0.15) is 23.1 Å². The van der Waals surface area contributed by atoms with Crippen molar-refractivity contribution in [1.29, 1.82) is 0 Å². The third kappa shape index (κ3) is 2.10. The zero-order valence-electron chi connectivity index (χ0n) is 9.77. The van der Waals surface area contributed by atoms with Gasteiger partial charge in [-0.1, -0.05) is 13.0 Å². The number of rotatable bonds is 2. The van der Waals surface area contributed by atoms with Crippen LogP contribution < -0.4 is 5.73 Å². The molecule has 2 N–H and O–H groups in total. The summed E-state index contributed by atoms with van der Waals surface area (Å²) in [5.74, 6) is 0.140. The van der Waals surface area contributed by atoms with Gasteiger partial charge in [0.1, 0.15) is 5.70 Å². The van der Waals surface area contributed by atoms with Crippen LogP contribution in [0.5, 0.6) is 0 Å². The fraction of sp³-hybridized carbons (Fsp3) is 0.333. The molecule has 0 saturated carbocycles. The van der Waals surface area contributed by atoms with E-state index in [1.54, 1.807) is 17.4 Å². The summed E-state index contributed by atoms with van der Waals surface area (Å²) in [4.78, 5) is 12.9. The molecule has 0 radical (unpaired) electrons. The van der Waals surface area contributed by atoms with Crippen LogP contribution in [0, 0.1) is 23.0 Å². The molecule has 0 bridgehead atoms. The smallest absolute Gasteiger partial charge is 0.296 e. The maximum Gasteiger partial charge on any atom is 0.296 e. The Morgan fingerprint density at radius 3 is 2.76 bits per heavy atom. The lowest BCUT2D eigenvalue weighted by Gasteiger charge is -2.18. The molecule has 1 atom stereocenters. The van der Waals surface area contributed by atoms with Gasteiger partial charge in [0.2, 0.25) is 0 Å². The Morgan fingerprint density at radius 2 is 2.24 bits per heavy atom. The van der Waals surface area contributed by atoms with Crippen LogP contribution in [-0.4, -0.2) is 4.92 Å². The Hall–Kier alpha value is -1.62. The van der Waals surface area contributed by atoms with Crippen LogP contribution >= 0.6 is 11.3 Å². The van der Waals surface area contributed by atoms with E-state index in [1.807, 2.05) is 26.0 Å². The molecule has 1 aliphatic rings. The number of nitro groups is 1. The van der Waals surface area contributed by atoms with Gasteiger partial charge < -0.3 is 5.73 Å². The van der Waals surface area contributed by atoms with Crippen LogP contribution in [-0.2, 0) is 0 Å². The largest absolute Gasteiger partial charge is 0.393 e. The molecule has 1 unspecified atom stereocenters. The molecule has 0 aromatic carbocycles. The molecule has 0 saturated heterocycles. The minimum Gasteiger partial charge on any atom is -0.393 e. The van der Waals surface area contributed by atoms with E-state index in [-0.39, 0.29) is 22.2 Å². The van der Waals surface area contributed by atoms with Gasteiger partial charge in [0, 0.05) is 9.75 Å². The molecular weight excluding hydrogens is 236 g/mol. The average Bonchev–Trinajstić information content (AvgIpc) is 2.67. The summed E-state index contributed by atoms with van der Waals surface area (Å²) >= 11 is 1.58. The number of allylic oxidation sites excluding steroid dienone is 2. The van der Waals surface area contributed by atoms with E-state index in [0.717, 1.165) is 21.7 Å². The van der Waals surface area contributed by atoms with Crippen molar-refractivity contribution >= 4 is 16.9 Å². The number of aryl methyl sites for hydroxylation is 1. The van der Waals surface area contributed by atoms with Gasteiger partial charge in [0.25, 0.3) is 5.70 Å². The fourth-order valence-corrected chi connectivity index (χ4v) is 3.08. The third-order valence-corrected chi connectivity index (χ3v) is 3.94. The van der Waals surface area contributed by atoms with Crippen LogP contribution in [0.4, 0.5) is 0 Å². The van der Waals surface area contributed by atoms with Crippen molar-refractivity contribution in [2.75, 3.05) is 0 Å². The Morgan fingerprint density at radius 1 is 1.53 bits per heavy atom. The first-order valence-corrected chi connectivity index (χ1v) is 6.23. The van der Waals surface area contributed by atoms with Gasteiger partial charge >= 0.3 is 0 Å². The van der Waals surface area contributed by atoms with Crippen molar-refractivity contribution in [3.8, 4) is 0 Å². The van der Waals surface area contributed by atoms with Gasteiger partial charge in [-0.05, 0) is 31.4 Å². The maximum absolute atomic E-state index is 11.1. The quantitative estimate of drug-likeness (QED) is 0.648. The third-order valence-electron chi connectivity index (χ3n) is 2.90. The van der Waals surface area contributed by atoms with Crippen LogP contribution in [0.25, 0.3) is 5.57 Å². The predicted molar refractivity (Wildman–Crippen MR) is 69.0 cm³/mol. The molecule has 1 aliphatic carbocycles. The molecule has 1 heterocycles. The second kappa shape index (κ2) is 4.33. The van der Waals surface area contributed by atoms with E-state index in [4.69, 9.17) is 5.73 Å². The minimum atomic E-state index is -0.369. The topological polar surface area (TPSA) is 69.2 Å². The number of hydrogen-bond donors (Lipinski definition) is 1. The highest BCUT2D eigenvalue weighted by Crippen LogP contribution is 2.38. The molecule has 2 rings (SSSR count). The zero-order chi connectivity index (χ0) is 12.6. The molecule has 5 heteroatoms. The van der Waals surface area contributed by atoms with Gasteiger partial charge in [-0.3, -0.25) is 10.1 Å². The highest BCUT2D eigenvalue weighted by atomic mass is 32.1. The fourth-order valence-electron chi connectivity index (χ4n) is 2.05. The van der Waals surface area contributed by atoms with Crippen LogP contribution in [0.2, 0.25) is 0 Å². The lowest BCUT2D eigenvalue weighted by atomic mass is 9.89. The van der Waals surface area contributed by atoms with E-state index in [1.165, 1.54) is 0 Å². The Labute approximate surface area is 104 Å². The number of thiophene rings is 1. The summed E-state index contributed by atoms with van der Waals surface area (Å²) in [5, 5.41) is 11.1. The molecule has 17 heavy (non-hydrogen) atoms. The zero-order valence-corrected chi connectivity index (χ0v) is 10.6. The summed E-state index contributed by atoms with van der Waals surface area (Å²) in [5.41, 5.74) is 6.88. The Bertz CT molecular complexity index is 528. The van der Waals surface area contributed by atoms with Crippen molar-refractivity contribution in [2.24, 2.45) is 11.7 Å². The standard InChI is InChI=1S/C12H14N2O2S/c1-7-3-5-9(13)12(14(15)16)11(7)10-6-4-8(2)17-10/h4-7H,3,13H2,1-2H3. The monoisotopic (exact) mass is 250 g/mol. The minimum absolute atomic E-state index is 0.0746. The summed E-state index contributed by atoms with van der Waals surface area (Å²) in [7, 11) is 0. The van der Waals surface area contributed by atoms with Crippen molar-refractivity contribution in [3.05, 3.63) is 49.5 Å². The molecule has 1 aromatic heterocycles. The number of hydrogen-bond acceptors (Lipinski definition) is 4. The predicted octanol–water partition coefficient (Wildman–Crippen LogP) is 2.93. The summed E-state index contributed by atoms with van der Waals surface area (Å²) < 4.78 is 0. The average molecular weight is 250 g/mol. The normalized spacial score (nSPS) is 20.4. The molecule has 0 amide bonds. The van der Waals surface area contributed by atoms with E-state index < -0.39 is 0 Å². The first-order valence-electron chi connectivity index (χ1n) is 5.42. The molecule has 0 spiro atoms. The van der Waals surface area contributed by atoms with Gasteiger partial charge in [-0.25, -0.2) is 0 Å². The summed E-state index contributed by atoms with van der Waals surface area (Å²) in [6.45, 7) is 3.99. The highest BCUT2D eigenvalue weighted by molar-refractivity contribution is 7.13. The molecular formula is C12H14N2O2S. The molecule has 90 valence electrons. The van der Waals surface area contributed by atoms with Gasteiger partial charge in [-0.15, -0.1) is 11.3 Å². The van der Waals surface area contributed by atoms with Crippen molar-refractivity contribution in [2.45, 2.75) is 20.3 Å². The van der Waals surface area contributed by atoms with Crippen molar-refractivity contribution in [1.82, 2.24) is 0 Å². The number of nitrogens with two attached hydrogens (primary N) is 1. The second-order valence-corrected chi connectivity index (χ2v) is 5.51. The first kappa shape index (κ1) is 11.9. The Kier molecular flexibility index (Phi) is 3.02. The van der Waals surface area contributed by atoms with E-state index in [0.29, 0.717) is 0 Å². The van der Waals surface area contributed by atoms with Crippen molar-refractivity contribution in [3.63, 3.8) is 0 Å². The van der Waals surface area contributed by atoms with E-state index in [9.17, 15) is 10.1 Å². The summed E-state index contributed by atoms with van der Waals surface area (Å²) in [6.07, 6.45) is 2.50. The van der Waals surface area contributed by atoms with Gasteiger partial charge in [0.05, 0.1) is 10.5 Å². The van der Waals surface area contributed by atoms with E-state index >= 15 is 0 Å². The van der Waals surface area contributed by atoms with Crippen molar-refractivity contribution < 1.29 is 4.92 Å². The molecule has 4 nitrogen and oxygen atoms in total. The molecule has 0 fully saturated rings. The Balaban J connectivity index is 2.62. The van der Waals surface area contributed by atoms with Crippen LogP contribution in [0.15, 0.2) is 29.6 Å².